The molecule has 1 saturated carbocycles. The molecule has 0 radical (unpaired) electrons. The van der Waals surface area contributed by atoms with E-state index in [1.165, 1.54) is 13.2 Å². The molecule has 3 heterocycles. The Hall–Kier alpha value is -4.14. The van der Waals surface area contributed by atoms with Gasteiger partial charge in [0.15, 0.2) is 11.6 Å². The standard InChI is InChI=1S/C32H36FN5O3/c1-18(2)30-25-14-22(15-26(33)29(25)37-38(30)4)24-16-28(35-17-19(24)3)36-31(40)21-9-6-8-20(12-21)13-27(39)23-10-7-11-34-32(23)41-5/h7,10-11,14-18,20-21H,6,8-9,12-13H2,1-5H3,(H,35,36,40)/t20-,21+/m1/s1. The molecule has 5 rings (SSSR count). The van der Waals surface area contributed by atoms with E-state index >= 15 is 4.39 Å². The first kappa shape index (κ1) is 28.4. The Morgan fingerprint density at radius 1 is 1.20 bits per heavy atom. The first-order valence-electron chi connectivity index (χ1n) is 14.1. The number of nitrogens with one attached hydrogen (secondary N) is 1. The maximum Gasteiger partial charge on any atom is 0.228 e. The molecule has 8 nitrogen and oxygen atoms in total. The SMILES string of the molecule is COc1ncccc1C(=O)C[C@@H]1CCC[C@H](C(=O)Nc2cc(-c3cc(F)c4nn(C)c(C(C)C)c4c3)c(C)cn2)C1. The molecule has 9 heteroatoms. The highest BCUT2D eigenvalue weighted by molar-refractivity contribution is 5.98. The van der Waals surface area contributed by atoms with Crippen LogP contribution in [0.25, 0.3) is 22.0 Å². The van der Waals surface area contributed by atoms with Crippen LogP contribution in [0, 0.1) is 24.6 Å². The third kappa shape index (κ3) is 5.85. The van der Waals surface area contributed by atoms with Gasteiger partial charge in [-0.25, -0.2) is 14.4 Å². The molecule has 0 bridgehead atoms. The largest absolute Gasteiger partial charge is 0.480 e. The molecule has 1 amide bonds. The van der Waals surface area contributed by atoms with Gasteiger partial charge >= 0.3 is 0 Å². The normalized spacial score (nSPS) is 17.1. The molecule has 1 aliphatic carbocycles. The van der Waals surface area contributed by atoms with Gasteiger partial charge in [0.05, 0.1) is 12.7 Å². The number of hydrogen-bond donors (Lipinski definition) is 1. The van der Waals surface area contributed by atoms with Gasteiger partial charge < -0.3 is 10.1 Å². The van der Waals surface area contributed by atoms with Gasteiger partial charge in [-0.2, -0.15) is 5.10 Å². The molecule has 3 aromatic heterocycles. The molecule has 0 saturated heterocycles. The number of ether oxygens (including phenoxy) is 1. The summed E-state index contributed by atoms with van der Waals surface area (Å²) in [4.78, 5) is 34.9. The molecule has 1 aliphatic rings. The van der Waals surface area contributed by atoms with Gasteiger partial charge in [0.2, 0.25) is 11.8 Å². The van der Waals surface area contributed by atoms with Gasteiger partial charge in [0.1, 0.15) is 11.3 Å². The Morgan fingerprint density at radius 2 is 2.00 bits per heavy atom. The molecular weight excluding hydrogens is 521 g/mol. The van der Waals surface area contributed by atoms with Crippen LogP contribution in [0.15, 0.2) is 42.7 Å². The fraction of sp³-hybridized carbons (Fsp3) is 0.406. The number of aryl methyl sites for hydroxylation is 2. The van der Waals surface area contributed by atoms with E-state index in [-0.39, 0.29) is 35.3 Å². The van der Waals surface area contributed by atoms with E-state index < -0.39 is 0 Å². The molecule has 4 aromatic rings. The number of nitrogens with zero attached hydrogens (tertiary/aromatic N) is 4. The van der Waals surface area contributed by atoms with E-state index in [9.17, 15) is 9.59 Å². The maximum atomic E-state index is 15.2. The third-order valence-electron chi connectivity index (χ3n) is 8.04. The van der Waals surface area contributed by atoms with Crippen molar-refractivity contribution in [3.63, 3.8) is 0 Å². The number of Topliss-reactive ketones (excluding diaryl/α,β-unsaturated/α-hetero) is 1. The summed E-state index contributed by atoms with van der Waals surface area (Å²) in [5, 5.41) is 8.16. The van der Waals surface area contributed by atoms with E-state index in [1.807, 2.05) is 20.0 Å². The van der Waals surface area contributed by atoms with Crippen LogP contribution in [-0.4, -0.2) is 38.5 Å². The number of methoxy groups -OCH3 is 1. The van der Waals surface area contributed by atoms with Crippen LogP contribution < -0.4 is 10.1 Å². The maximum absolute atomic E-state index is 15.2. The minimum absolute atomic E-state index is 0.0238. The van der Waals surface area contributed by atoms with E-state index in [4.69, 9.17) is 4.74 Å². The number of anilines is 1. The number of halogens is 1. The molecule has 0 spiro atoms. The molecule has 2 atom stereocenters. The first-order valence-corrected chi connectivity index (χ1v) is 14.1. The van der Waals surface area contributed by atoms with Crippen molar-refractivity contribution in [2.75, 3.05) is 12.4 Å². The Bertz CT molecular complexity index is 1610. The second-order valence-corrected chi connectivity index (χ2v) is 11.3. The zero-order valence-corrected chi connectivity index (χ0v) is 24.2. The molecule has 214 valence electrons. The van der Waals surface area contributed by atoms with E-state index in [0.717, 1.165) is 41.5 Å². The number of ketones is 1. The number of carbonyl (C=O) groups is 2. The number of carbonyl (C=O) groups excluding carboxylic acids is 2. The molecule has 41 heavy (non-hydrogen) atoms. The molecule has 0 unspecified atom stereocenters. The molecule has 0 aliphatic heterocycles. The van der Waals surface area contributed by atoms with E-state index in [2.05, 4.69) is 34.2 Å². The number of rotatable bonds is 8. The molecule has 1 N–H and O–H groups in total. The first-order chi connectivity index (χ1) is 19.7. The molecule has 1 fully saturated rings. The number of pyridine rings is 2. The lowest BCUT2D eigenvalue weighted by molar-refractivity contribution is -0.121. The average molecular weight is 558 g/mol. The van der Waals surface area contributed by atoms with Gasteiger partial charge in [-0.3, -0.25) is 14.3 Å². The van der Waals surface area contributed by atoms with Gasteiger partial charge in [0.25, 0.3) is 0 Å². The minimum atomic E-state index is -0.381. The van der Waals surface area contributed by atoms with Crippen LogP contribution in [0.4, 0.5) is 10.2 Å². The van der Waals surface area contributed by atoms with Crippen LogP contribution in [0.5, 0.6) is 5.88 Å². The quantitative estimate of drug-likeness (QED) is 0.244. The van der Waals surface area contributed by atoms with Crippen LogP contribution in [0.2, 0.25) is 0 Å². The van der Waals surface area contributed by atoms with Crippen molar-refractivity contribution in [1.29, 1.82) is 0 Å². The van der Waals surface area contributed by atoms with Gasteiger partial charge in [-0.05, 0) is 85.0 Å². The number of benzene rings is 1. The van der Waals surface area contributed by atoms with Gasteiger partial charge in [-0.1, -0.05) is 20.3 Å². The minimum Gasteiger partial charge on any atom is -0.480 e. The highest BCUT2D eigenvalue weighted by Gasteiger charge is 2.30. The average Bonchev–Trinajstić information content (AvgIpc) is 3.30. The smallest absolute Gasteiger partial charge is 0.228 e. The monoisotopic (exact) mass is 557 g/mol. The number of amides is 1. The number of hydrogen-bond acceptors (Lipinski definition) is 6. The summed E-state index contributed by atoms with van der Waals surface area (Å²) in [6, 6.07) is 8.71. The van der Waals surface area contributed by atoms with Crippen molar-refractivity contribution < 1.29 is 18.7 Å². The summed E-state index contributed by atoms with van der Waals surface area (Å²) in [6.07, 6.45) is 6.79. The summed E-state index contributed by atoms with van der Waals surface area (Å²) in [6.45, 7) is 6.05. The van der Waals surface area contributed by atoms with Gasteiger partial charge in [-0.15, -0.1) is 0 Å². The fourth-order valence-corrected chi connectivity index (χ4v) is 6.10. The van der Waals surface area contributed by atoms with Crippen molar-refractivity contribution >= 4 is 28.4 Å². The van der Waals surface area contributed by atoms with E-state index in [1.54, 1.807) is 35.3 Å². The summed E-state index contributed by atoms with van der Waals surface area (Å²) < 4.78 is 22.1. The summed E-state index contributed by atoms with van der Waals surface area (Å²) in [7, 11) is 3.34. The van der Waals surface area contributed by atoms with Crippen molar-refractivity contribution in [2.45, 2.75) is 58.8 Å². The molecule has 1 aromatic carbocycles. The van der Waals surface area contributed by atoms with E-state index in [0.29, 0.717) is 41.2 Å². The Morgan fingerprint density at radius 3 is 2.76 bits per heavy atom. The zero-order chi connectivity index (χ0) is 29.3. The van der Waals surface area contributed by atoms with Crippen molar-refractivity contribution in [1.82, 2.24) is 19.7 Å². The van der Waals surface area contributed by atoms with Crippen LogP contribution in [0.1, 0.15) is 73.5 Å². The van der Waals surface area contributed by atoms with Crippen molar-refractivity contribution in [2.24, 2.45) is 18.9 Å². The van der Waals surface area contributed by atoms with Crippen LogP contribution in [-0.2, 0) is 11.8 Å². The number of fused-ring (bicyclic) bond motifs is 1. The Kier molecular flexibility index (Phi) is 8.15. The molecular formula is C32H36FN5O3. The summed E-state index contributed by atoms with van der Waals surface area (Å²) in [5.74, 6) is 0.284. The zero-order valence-electron chi connectivity index (χ0n) is 24.2. The second kappa shape index (κ2) is 11.8. The Labute approximate surface area is 239 Å². The second-order valence-electron chi connectivity index (χ2n) is 11.3. The lowest BCUT2D eigenvalue weighted by atomic mass is 9.78. The Balaban J connectivity index is 1.32. The lowest BCUT2D eigenvalue weighted by Gasteiger charge is -2.28. The fourth-order valence-electron chi connectivity index (χ4n) is 6.10. The van der Waals surface area contributed by atoms with Crippen LogP contribution >= 0.6 is 0 Å². The predicted molar refractivity (Wildman–Crippen MR) is 157 cm³/mol. The summed E-state index contributed by atoms with van der Waals surface area (Å²) >= 11 is 0. The topological polar surface area (TPSA) is 99.0 Å². The lowest BCUT2D eigenvalue weighted by Crippen LogP contribution is -2.29. The predicted octanol–water partition coefficient (Wildman–Crippen LogP) is 6.63. The summed E-state index contributed by atoms with van der Waals surface area (Å²) in [5.41, 5.74) is 4.17. The highest BCUT2D eigenvalue weighted by atomic mass is 19.1. The third-order valence-corrected chi connectivity index (χ3v) is 8.04. The van der Waals surface area contributed by atoms with Gasteiger partial charge in [0, 0.05) is 42.9 Å². The van der Waals surface area contributed by atoms with Crippen molar-refractivity contribution in [3.8, 4) is 17.0 Å². The highest BCUT2D eigenvalue weighted by Crippen LogP contribution is 2.35. The number of aromatic nitrogens is 4. The van der Waals surface area contributed by atoms with Crippen molar-refractivity contribution in [3.05, 3.63) is 65.4 Å². The van der Waals surface area contributed by atoms with Crippen LogP contribution in [0.3, 0.4) is 0 Å².